The summed E-state index contributed by atoms with van der Waals surface area (Å²) in [7, 11) is 0. The van der Waals surface area contributed by atoms with E-state index in [1.165, 1.54) is 18.2 Å². The molecule has 0 aromatic heterocycles. The van der Waals surface area contributed by atoms with Crippen LogP contribution in [0.25, 0.3) is 11.1 Å². The minimum atomic E-state index is -4.81. The predicted octanol–water partition coefficient (Wildman–Crippen LogP) is 3.82. The second-order valence-corrected chi connectivity index (χ2v) is 8.49. The lowest BCUT2D eigenvalue weighted by atomic mass is 9.88. The molecule has 1 atom stereocenters. The number of carbonyl (C=O) groups is 2. The number of amides is 1. The minimum absolute atomic E-state index is 0.200. The zero-order valence-electron chi connectivity index (χ0n) is 18.3. The number of rotatable bonds is 6. The topological polar surface area (TPSA) is 91.2 Å². The van der Waals surface area contributed by atoms with Crippen LogP contribution in [-0.4, -0.2) is 48.7 Å². The van der Waals surface area contributed by atoms with Crippen LogP contribution in [0.4, 0.5) is 24.5 Å². The van der Waals surface area contributed by atoms with Crippen molar-refractivity contribution in [2.75, 3.05) is 18.1 Å². The molecule has 7 nitrogen and oxygen atoms in total. The van der Waals surface area contributed by atoms with E-state index in [-0.39, 0.29) is 18.1 Å². The zero-order valence-corrected chi connectivity index (χ0v) is 18.3. The SMILES string of the molecule is CC(C)(C)C(=O)C(NC(=O)CO)N1CC=Nc2ccc(-c3cccc(OC(F)(F)F)c3)cc21. The van der Waals surface area contributed by atoms with Gasteiger partial charge in [0.25, 0.3) is 0 Å². The molecule has 0 saturated heterocycles. The molecule has 1 heterocycles. The van der Waals surface area contributed by atoms with E-state index < -0.39 is 30.5 Å². The van der Waals surface area contributed by atoms with Gasteiger partial charge in [-0.25, -0.2) is 0 Å². The van der Waals surface area contributed by atoms with Gasteiger partial charge in [-0.15, -0.1) is 13.2 Å². The van der Waals surface area contributed by atoms with Crippen LogP contribution < -0.4 is 15.0 Å². The second kappa shape index (κ2) is 9.22. The summed E-state index contributed by atoms with van der Waals surface area (Å²) in [4.78, 5) is 31.1. The number of nitrogens with zero attached hydrogens (tertiary/aromatic N) is 2. The second-order valence-electron chi connectivity index (χ2n) is 8.49. The van der Waals surface area contributed by atoms with Crippen molar-refractivity contribution in [1.82, 2.24) is 5.32 Å². The van der Waals surface area contributed by atoms with Gasteiger partial charge in [0.2, 0.25) is 5.91 Å². The van der Waals surface area contributed by atoms with Crippen LogP contribution in [0, 0.1) is 5.41 Å². The van der Waals surface area contributed by atoms with Gasteiger partial charge < -0.3 is 20.1 Å². The predicted molar refractivity (Wildman–Crippen MR) is 118 cm³/mol. The molecule has 0 fully saturated rings. The Morgan fingerprint density at radius 1 is 1.15 bits per heavy atom. The van der Waals surface area contributed by atoms with Crippen molar-refractivity contribution in [3.8, 4) is 16.9 Å². The molecule has 1 aliphatic rings. The summed E-state index contributed by atoms with van der Waals surface area (Å²) in [6, 6.07) is 10.6. The Hall–Kier alpha value is -3.40. The van der Waals surface area contributed by atoms with Gasteiger partial charge in [0.1, 0.15) is 12.4 Å². The van der Waals surface area contributed by atoms with Crippen LogP contribution in [0.5, 0.6) is 5.75 Å². The molecule has 2 aromatic rings. The van der Waals surface area contributed by atoms with Gasteiger partial charge in [-0.1, -0.05) is 39.0 Å². The number of fused-ring (bicyclic) bond motifs is 1. The molecule has 176 valence electrons. The van der Waals surface area contributed by atoms with E-state index in [1.807, 2.05) is 0 Å². The molecule has 10 heteroatoms. The first kappa shape index (κ1) is 24.2. The van der Waals surface area contributed by atoms with Crippen LogP contribution in [0.2, 0.25) is 0 Å². The maximum absolute atomic E-state index is 13.2. The smallest absolute Gasteiger partial charge is 0.406 e. The molecule has 0 bridgehead atoms. The van der Waals surface area contributed by atoms with E-state index in [0.29, 0.717) is 22.5 Å². The van der Waals surface area contributed by atoms with Gasteiger partial charge in [0.15, 0.2) is 11.9 Å². The highest BCUT2D eigenvalue weighted by molar-refractivity contribution is 5.97. The number of aliphatic hydroxyl groups excluding tert-OH is 1. The lowest BCUT2D eigenvalue weighted by molar-refractivity contribution is -0.274. The number of halogens is 3. The van der Waals surface area contributed by atoms with Crippen molar-refractivity contribution in [3.05, 3.63) is 42.5 Å². The highest BCUT2D eigenvalue weighted by Crippen LogP contribution is 2.38. The van der Waals surface area contributed by atoms with Crippen molar-refractivity contribution >= 4 is 29.3 Å². The van der Waals surface area contributed by atoms with Crippen molar-refractivity contribution in [2.45, 2.75) is 33.3 Å². The van der Waals surface area contributed by atoms with Gasteiger partial charge in [-0.05, 0) is 35.4 Å². The lowest BCUT2D eigenvalue weighted by Gasteiger charge is -2.37. The third-order valence-electron chi connectivity index (χ3n) is 4.94. The molecule has 0 spiro atoms. The fourth-order valence-corrected chi connectivity index (χ4v) is 3.38. The number of hydrogen-bond acceptors (Lipinski definition) is 6. The summed E-state index contributed by atoms with van der Waals surface area (Å²) in [5.41, 5.74) is 1.27. The number of hydrogen-bond donors (Lipinski definition) is 2. The lowest BCUT2D eigenvalue weighted by Crippen LogP contribution is -2.57. The fraction of sp³-hybridized carbons (Fsp3) is 0.348. The molecule has 1 unspecified atom stereocenters. The first-order valence-electron chi connectivity index (χ1n) is 10.1. The molecule has 1 aliphatic heterocycles. The van der Waals surface area contributed by atoms with Crippen LogP contribution in [-0.2, 0) is 9.59 Å². The number of alkyl halides is 3. The summed E-state index contributed by atoms with van der Waals surface area (Å²) in [6.45, 7) is 4.57. The Morgan fingerprint density at radius 3 is 2.48 bits per heavy atom. The molecular weight excluding hydrogens is 439 g/mol. The molecule has 2 N–H and O–H groups in total. The number of aliphatic hydroxyl groups is 1. The van der Waals surface area contributed by atoms with E-state index in [0.717, 1.165) is 0 Å². The van der Waals surface area contributed by atoms with Crippen LogP contribution in [0.3, 0.4) is 0 Å². The van der Waals surface area contributed by atoms with E-state index >= 15 is 0 Å². The number of ketones is 1. The minimum Gasteiger partial charge on any atom is -0.406 e. The molecule has 3 rings (SSSR count). The Bertz CT molecular complexity index is 1080. The Balaban J connectivity index is 2.03. The van der Waals surface area contributed by atoms with E-state index in [4.69, 9.17) is 0 Å². The molecule has 0 saturated carbocycles. The summed E-state index contributed by atoms with van der Waals surface area (Å²) >= 11 is 0. The van der Waals surface area contributed by atoms with E-state index in [1.54, 1.807) is 56.2 Å². The average Bonchev–Trinajstić information content (AvgIpc) is 2.74. The standard InChI is InChI=1S/C23H24F3N3O4/c1-22(2,3)20(32)21(28-19(31)13-30)29-10-9-27-17-8-7-15(12-18(17)29)14-5-4-6-16(11-14)33-23(24,25)26/h4-9,11-12,21,30H,10,13H2,1-3H3,(H,28,31). The number of benzene rings is 2. The summed E-state index contributed by atoms with van der Waals surface area (Å²) in [5.74, 6) is -1.35. The van der Waals surface area contributed by atoms with Gasteiger partial charge in [0.05, 0.1) is 17.9 Å². The first-order chi connectivity index (χ1) is 15.4. The third-order valence-corrected chi connectivity index (χ3v) is 4.94. The van der Waals surface area contributed by atoms with Gasteiger partial charge >= 0.3 is 6.36 Å². The van der Waals surface area contributed by atoms with Crippen molar-refractivity contribution in [1.29, 1.82) is 0 Å². The summed E-state index contributed by atoms with van der Waals surface area (Å²) < 4.78 is 41.9. The fourth-order valence-electron chi connectivity index (χ4n) is 3.38. The zero-order chi connectivity index (χ0) is 24.4. The molecule has 0 radical (unpaired) electrons. The summed E-state index contributed by atoms with van der Waals surface area (Å²) in [6.07, 6.45) is -4.30. The number of aliphatic imine (C=N–C) groups is 1. The van der Waals surface area contributed by atoms with E-state index in [9.17, 15) is 27.9 Å². The van der Waals surface area contributed by atoms with Gasteiger partial charge in [-0.2, -0.15) is 0 Å². The highest BCUT2D eigenvalue weighted by Gasteiger charge is 2.36. The number of nitrogens with one attached hydrogen (secondary N) is 1. The molecule has 2 aromatic carbocycles. The van der Waals surface area contributed by atoms with Crippen LogP contribution >= 0.6 is 0 Å². The largest absolute Gasteiger partial charge is 0.573 e. The number of ether oxygens (including phenoxy) is 1. The van der Waals surface area contributed by atoms with E-state index in [2.05, 4.69) is 15.0 Å². The number of anilines is 1. The number of Topliss-reactive ketones (excluding diaryl/α,β-unsaturated/α-hetero) is 1. The maximum atomic E-state index is 13.2. The van der Waals surface area contributed by atoms with Crippen molar-refractivity contribution in [3.63, 3.8) is 0 Å². The van der Waals surface area contributed by atoms with Gasteiger partial charge in [-0.3, -0.25) is 14.6 Å². The van der Waals surface area contributed by atoms with Gasteiger partial charge in [0, 0.05) is 11.6 Å². The van der Waals surface area contributed by atoms with Crippen molar-refractivity contribution in [2.24, 2.45) is 10.4 Å². The molecular formula is C23H24F3N3O4. The average molecular weight is 463 g/mol. The quantitative estimate of drug-likeness (QED) is 0.680. The number of carbonyl (C=O) groups excluding carboxylic acids is 2. The Morgan fingerprint density at radius 2 is 1.85 bits per heavy atom. The van der Waals surface area contributed by atoms with Crippen LogP contribution in [0.1, 0.15) is 20.8 Å². The molecule has 0 aliphatic carbocycles. The van der Waals surface area contributed by atoms with Crippen molar-refractivity contribution < 1.29 is 32.6 Å². The van der Waals surface area contributed by atoms with Crippen LogP contribution in [0.15, 0.2) is 47.5 Å². The third kappa shape index (κ3) is 5.89. The normalized spacial score (nSPS) is 14.5. The summed E-state index contributed by atoms with van der Waals surface area (Å²) in [5, 5.41) is 11.8. The monoisotopic (exact) mass is 463 g/mol. The molecule has 1 amide bonds. The Kier molecular flexibility index (Phi) is 6.78. The maximum Gasteiger partial charge on any atom is 0.573 e. The molecule has 33 heavy (non-hydrogen) atoms. The highest BCUT2D eigenvalue weighted by atomic mass is 19.4. The first-order valence-corrected chi connectivity index (χ1v) is 10.1. The Labute approximate surface area is 188 Å².